The summed E-state index contributed by atoms with van der Waals surface area (Å²) in [7, 11) is 4.51. The lowest BCUT2D eigenvalue weighted by Gasteiger charge is -2.48. The summed E-state index contributed by atoms with van der Waals surface area (Å²) in [6, 6.07) is 6.35. The van der Waals surface area contributed by atoms with Crippen LogP contribution in [0.25, 0.3) is 5.57 Å². The van der Waals surface area contributed by atoms with E-state index >= 15 is 0 Å². The van der Waals surface area contributed by atoms with Gasteiger partial charge in [-0.2, -0.15) is 0 Å². The Balaban J connectivity index is 2.31. The molecule has 0 heterocycles. The Morgan fingerprint density at radius 3 is 2.12 bits per heavy atom. The number of hydrogen-bond donors (Lipinski definition) is 0. The molecule has 2 atom stereocenters. The summed E-state index contributed by atoms with van der Waals surface area (Å²) in [5.74, 6) is 3.48. The van der Waals surface area contributed by atoms with Gasteiger partial charge in [-0.05, 0) is 72.0 Å². The molecule has 1 aromatic carbocycles. The lowest BCUT2D eigenvalue weighted by atomic mass is 9.69. The summed E-state index contributed by atoms with van der Waals surface area (Å²) in [5, 5.41) is 0.148. The molecule has 1 fully saturated rings. The molecule has 0 N–H and O–H groups in total. The van der Waals surface area contributed by atoms with Gasteiger partial charge in [-0.25, -0.2) is 0 Å². The quantitative estimate of drug-likeness (QED) is 0.365. The average molecular weight is 457 g/mol. The van der Waals surface area contributed by atoms with Crippen LogP contribution in [0.15, 0.2) is 35.4 Å². The van der Waals surface area contributed by atoms with Gasteiger partial charge in [0.25, 0.3) is 0 Å². The third-order valence-corrected chi connectivity index (χ3v) is 10.2. The maximum absolute atomic E-state index is 5.96. The molecule has 1 saturated carbocycles. The van der Waals surface area contributed by atoms with Crippen LogP contribution in [0.3, 0.4) is 0 Å². The van der Waals surface area contributed by atoms with E-state index in [0.717, 1.165) is 25.7 Å². The lowest BCUT2D eigenvalue weighted by molar-refractivity contribution is 0.400. The van der Waals surface area contributed by atoms with Gasteiger partial charge in [0.05, 0.1) is 14.2 Å². The van der Waals surface area contributed by atoms with Crippen LogP contribution < -0.4 is 9.47 Å². The lowest BCUT2D eigenvalue weighted by Crippen LogP contribution is -2.38. The fraction of sp³-hybridized carbons (Fsp3) is 0.655. The molecule has 0 bridgehead atoms. The molecule has 0 aliphatic heterocycles. The van der Waals surface area contributed by atoms with Gasteiger partial charge in [-0.1, -0.05) is 72.5 Å². The van der Waals surface area contributed by atoms with Gasteiger partial charge >= 0.3 is 0 Å². The second kappa shape index (κ2) is 10.8. The van der Waals surface area contributed by atoms with Crippen LogP contribution in [-0.4, -0.2) is 25.0 Å². The number of methoxy groups -OCH3 is 2. The smallest absolute Gasteiger partial charge is 0.126 e. The molecule has 178 valence electrons. The molecular weight excluding hydrogens is 411 g/mol. The van der Waals surface area contributed by atoms with Crippen LogP contribution in [0.4, 0.5) is 0 Å². The molecule has 0 spiro atoms. The van der Waals surface area contributed by atoms with Gasteiger partial charge in [-0.15, -0.1) is 8.58 Å². The summed E-state index contributed by atoms with van der Waals surface area (Å²) < 4.78 is 11.6. The maximum atomic E-state index is 5.96. The Kier molecular flexibility index (Phi) is 8.53. The number of allylic oxidation sites excluding steroid dienone is 4. The first-order valence-corrected chi connectivity index (χ1v) is 13.8. The van der Waals surface area contributed by atoms with Crippen LogP contribution in [0.1, 0.15) is 85.6 Å². The topological polar surface area (TPSA) is 18.5 Å². The highest BCUT2D eigenvalue weighted by Crippen LogP contribution is 2.61. The van der Waals surface area contributed by atoms with E-state index in [4.69, 9.17) is 9.47 Å². The van der Waals surface area contributed by atoms with Gasteiger partial charge in [0.15, 0.2) is 0 Å². The molecule has 1 aromatic rings. The highest BCUT2D eigenvalue weighted by molar-refractivity contribution is 7.41. The van der Waals surface area contributed by atoms with Crippen molar-refractivity contribution in [3.8, 4) is 11.5 Å². The van der Waals surface area contributed by atoms with E-state index in [2.05, 4.69) is 59.8 Å². The van der Waals surface area contributed by atoms with Crippen LogP contribution in [0.5, 0.6) is 11.5 Å². The van der Waals surface area contributed by atoms with E-state index in [-0.39, 0.29) is 5.16 Å². The average Bonchev–Trinajstić information content (AvgIpc) is 2.78. The zero-order valence-electron chi connectivity index (χ0n) is 21.7. The number of benzene rings is 1. The van der Waals surface area contributed by atoms with Crippen LogP contribution >= 0.6 is 8.58 Å². The number of ether oxygens (including phenoxy) is 2. The van der Waals surface area contributed by atoms with Crippen molar-refractivity contribution in [2.75, 3.05) is 14.2 Å². The molecular formula is C29H45O2P. The van der Waals surface area contributed by atoms with E-state index in [0.29, 0.717) is 17.8 Å². The molecule has 3 rings (SSSR count). The summed E-state index contributed by atoms with van der Waals surface area (Å²) in [5.41, 5.74) is 6.75. The minimum Gasteiger partial charge on any atom is -0.497 e. The van der Waals surface area contributed by atoms with Gasteiger partial charge in [0.2, 0.25) is 0 Å². The van der Waals surface area contributed by atoms with Gasteiger partial charge in [-0.3, -0.25) is 0 Å². The van der Waals surface area contributed by atoms with Crippen molar-refractivity contribution in [1.29, 1.82) is 0 Å². The zero-order chi connectivity index (χ0) is 23.5. The molecule has 2 nitrogen and oxygen atoms in total. The molecule has 0 aromatic heterocycles. The van der Waals surface area contributed by atoms with Crippen LogP contribution in [-0.2, 0) is 0 Å². The van der Waals surface area contributed by atoms with E-state index in [9.17, 15) is 0 Å². The molecule has 2 aliphatic rings. The second-order valence-electron chi connectivity index (χ2n) is 10.7. The van der Waals surface area contributed by atoms with Gasteiger partial charge < -0.3 is 9.47 Å². The molecule has 0 saturated heterocycles. The highest BCUT2D eigenvalue weighted by atomic mass is 31.1. The predicted molar refractivity (Wildman–Crippen MR) is 142 cm³/mol. The molecule has 3 heteroatoms. The Morgan fingerprint density at radius 1 is 0.906 bits per heavy atom. The predicted octanol–water partition coefficient (Wildman–Crippen LogP) is 8.51. The number of hydrogen-bond acceptors (Lipinski definition) is 2. The minimum absolute atomic E-state index is 0.148. The summed E-state index contributed by atoms with van der Waals surface area (Å²) in [6.07, 6.45) is 10.7. The first-order chi connectivity index (χ1) is 15.2. The minimum atomic E-state index is 0.148. The molecule has 0 radical (unpaired) electrons. The van der Waals surface area contributed by atoms with E-state index in [1.54, 1.807) is 19.8 Å². The van der Waals surface area contributed by atoms with Crippen molar-refractivity contribution in [2.45, 2.75) is 90.9 Å². The Labute approximate surface area is 199 Å². The fourth-order valence-corrected chi connectivity index (χ4v) is 8.10. The van der Waals surface area contributed by atoms with Crippen LogP contribution in [0.2, 0.25) is 0 Å². The Bertz CT molecular complexity index is 843. The van der Waals surface area contributed by atoms with Crippen molar-refractivity contribution in [2.24, 2.45) is 17.8 Å². The highest BCUT2D eigenvalue weighted by Gasteiger charge is 2.45. The summed E-state index contributed by atoms with van der Waals surface area (Å²) in [6.45, 7) is 14.4. The van der Waals surface area contributed by atoms with E-state index in [1.165, 1.54) is 55.2 Å². The van der Waals surface area contributed by atoms with Crippen molar-refractivity contribution >= 4 is 14.2 Å². The monoisotopic (exact) mass is 456 g/mol. The van der Waals surface area contributed by atoms with Crippen molar-refractivity contribution in [1.82, 2.24) is 0 Å². The Hall–Kier alpha value is -1.27. The molecule has 0 amide bonds. The van der Waals surface area contributed by atoms with E-state index in [1.807, 2.05) is 6.07 Å². The summed E-state index contributed by atoms with van der Waals surface area (Å²) >= 11 is 0. The summed E-state index contributed by atoms with van der Waals surface area (Å²) in [4.78, 5) is 0. The molecule has 2 aliphatic carbocycles. The normalized spacial score (nSPS) is 23.0. The molecule has 32 heavy (non-hydrogen) atoms. The van der Waals surface area contributed by atoms with E-state index < -0.39 is 0 Å². The standard InChI is InChI=1S/C29H45O2P/c1-19(2)22-16-25(20(3)4)28(26-17-23(30-7)14-15-27(26)31-8)29(18-22,21(5)6)32-24-12-10-9-11-13-24/h14-17,19-21,24,32H,9-13,18H2,1-8H3. The zero-order valence-corrected chi connectivity index (χ0v) is 22.7. The fourth-order valence-electron chi connectivity index (χ4n) is 5.62. The third-order valence-electron chi connectivity index (χ3n) is 7.65. The largest absolute Gasteiger partial charge is 0.497 e. The third kappa shape index (κ3) is 5.11. The maximum Gasteiger partial charge on any atom is 0.126 e. The van der Waals surface area contributed by atoms with Crippen molar-refractivity contribution in [3.05, 3.63) is 41.0 Å². The Morgan fingerprint density at radius 2 is 1.59 bits per heavy atom. The van der Waals surface area contributed by atoms with Gasteiger partial charge in [0.1, 0.15) is 11.5 Å². The van der Waals surface area contributed by atoms with Crippen LogP contribution in [0, 0.1) is 17.8 Å². The molecule has 2 unspecified atom stereocenters. The van der Waals surface area contributed by atoms with Crippen molar-refractivity contribution < 1.29 is 9.47 Å². The van der Waals surface area contributed by atoms with Gasteiger partial charge in [0, 0.05) is 10.7 Å². The SMILES string of the molecule is COc1ccc(OC)c(C2=C(C(C)C)C=C(C(C)C)CC2(PC2CCCCC2)C(C)C)c1. The number of rotatable bonds is 8. The first kappa shape index (κ1) is 25.4. The first-order valence-electron chi connectivity index (χ1n) is 12.7. The second-order valence-corrected chi connectivity index (χ2v) is 12.7. The van der Waals surface area contributed by atoms with Crippen molar-refractivity contribution in [3.63, 3.8) is 0 Å².